The predicted octanol–water partition coefficient (Wildman–Crippen LogP) is 0.626. The highest BCUT2D eigenvalue weighted by atomic mass is 16.5. The van der Waals surface area contributed by atoms with E-state index in [4.69, 9.17) is 10.00 Å². The lowest BCUT2D eigenvalue weighted by atomic mass is 9.80. The second-order valence-corrected chi connectivity index (χ2v) is 2.71. The third kappa shape index (κ3) is 1.22. The molecule has 3 nitrogen and oxygen atoms in total. The van der Waals surface area contributed by atoms with Crippen molar-refractivity contribution in [3.8, 4) is 6.19 Å². The number of nitrogens with zero attached hydrogens (tertiary/aromatic N) is 1. The second kappa shape index (κ2) is 2.89. The van der Waals surface area contributed by atoms with Crippen LogP contribution >= 0.6 is 0 Å². The molecule has 0 aliphatic heterocycles. The minimum atomic E-state index is -0.0181. The van der Waals surface area contributed by atoms with Gasteiger partial charge >= 0.3 is 0 Å². The molecule has 0 unspecified atom stereocenters. The number of methoxy groups -OCH3 is 1. The molecular weight excluding hydrogens is 128 g/mol. The van der Waals surface area contributed by atoms with Crippen molar-refractivity contribution in [1.29, 1.82) is 5.26 Å². The molecule has 10 heavy (non-hydrogen) atoms. The SMILES string of the molecule is COC1(CNC#N)CCC1. The fourth-order valence-electron chi connectivity index (χ4n) is 1.22. The van der Waals surface area contributed by atoms with Crippen LogP contribution in [0, 0.1) is 11.5 Å². The van der Waals surface area contributed by atoms with Gasteiger partial charge in [0.15, 0.2) is 6.19 Å². The Morgan fingerprint density at radius 1 is 1.70 bits per heavy atom. The monoisotopic (exact) mass is 140 g/mol. The summed E-state index contributed by atoms with van der Waals surface area (Å²) in [7, 11) is 1.71. The van der Waals surface area contributed by atoms with Crippen molar-refractivity contribution in [1.82, 2.24) is 5.32 Å². The Bertz CT molecular complexity index is 141. The summed E-state index contributed by atoms with van der Waals surface area (Å²) in [5.41, 5.74) is -0.0181. The first-order valence-corrected chi connectivity index (χ1v) is 3.50. The number of rotatable bonds is 3. The lowest BCUT2D eigenvalue weighted by molar-refractivity contribution is -0.0670. The minimum absolute atomic E-state index is 0.0181. The van der Waals surface area contributed by atoms with Crippen LogP contribution in [0.4, 0.5) is 0 Å². The lowest BCUT2D eigenvalue weighted by Crippen LogP contribution is -2.46. The Balaban J connectivity index is 2.28. The van der Waals surface area contributed by atoms with Gasteiger partial charge in [-0.15, -0.1) is 0 Å². The summed E-state index contributed by atoms with van der Waals surface area (Å²) in [6.45, 7) is 0.667. The Kier molecular flexibility index (Phi) is 2.13. The molecule has 0 aromatic carbocycles. The normalized spacial score (nSPS) is 20.8. The van der Waals surface area contributed by atoms with E-state index in [2.05, 4.69) is 5.32 Å². The smallest absolute Gasteiger partial charge is 0.176 e. The van der Waals surface area contributed by atoms with Gasteiger partial charge in [-0.3, -0.25) is 0 Å². The van der Waals surface area contributed by atoms with Gasteiger partial charge in [0, 0.05) is 7.11 Å². The van der Waals surface area contributed by atoms with Gasteiger partial charge in [-0.1, -0.05) is 0 Å². The number of hydrogen-bond acceptors (Lipinski definition) is 3. The summed E-state index contributed by atoms with van der Waals surface area (Å²) >= 11 is 0. The third-order valence-electron chi connectivity index (χ3n) is 2.19. The number of hydrogen-bond donors (Lipinski definition) is 1. The van der Waals surface area contributed by atoms with Crippen LogP contribution < -0.4 is 5.32 Å². The number of nitrogens with one attached hydrogen (secondary N) is 1. The van der Waals surface area contributed by atoms with E-state index in [9.17, 15) is 0 Å². The van der Waals surface area contributed by atoms with E-state index in [1.54, 1.807) is 7.11 Å². The molecule has 1 fully saturated rings. The molecule has 56 valence electrons. The zero-order valence-electron chi connectivity index (χ0n) is 6.18. The van der Waals surface area contributed by atoms with Gasteiger partial charge in [0.05, 0.1) is 12.1 Å². The Morgan fingerprint density at radius 2 is 2.40 bits per heavy atom. The molecular formula is C7H12N2O. The van der Waals surface area contributed by atoms with Crippen LogP contribution in [0.3, 0.4) is 0 Å². The van der Waals surface area contributed by atoms with E-state index in [1.165, 1.54) is 6.42 Å². The quantitative estimate of drug-likeness (QED) is 0.462. The summed E-state index contributed by atoms with van der Waals surface area (Å²) < 4.78 is 5.26. The molecule has 0 spiro atoms. The van der Waals surface area contributed by atoms with Crippen LogP contribution in [0.25, 0.3) is 0 Å². The highest BCUT2D eigenvalue weighted by Gasteiger charge is 2.36. The summed E-state index contributed by atoms with van der Waals surface area (Å²) in [6, 6.07) is 0. The minimum Gasteiger partial charge on any atom is -0.376 e. The van der Waals surface area contributed by atoms with Gasteiger partial charge in [-0.25, -0.2) is 0 Å². The van der Waals surface area contributed by atoms with Crippen LogP contribution in [0.15, 0.2) is 0 Å². The van der Waals surface area contributed by atoms with E-state index in [0.29, 0.717) is 6.54 Å². The van der Waals surface area contributed by atoms with Gasteiger partial charge in [0.2, 0.25) is 0 Å². The molecule has 0 aromatic heterocycles. The molecule has 1 aliphatic rings. The molecule has 3 heteroatoms. The first-order chi connectivity index (χ1) is 4.83. The van der Waals surface area contributed by atoms with Gasteiger partial charge in [0.1, 0.15) is 0 Å². The Hall–Kier alpha value is -0.750. The molecule has 0 heterocycles. The molecule has 0 aromatic rings. The van der Waals surface area contributed by atoms with E-state index in [1.807, 2.05) is 6.19 Å². The standard InChI is InChI=1S/C7H12N2O/c1-10-7(3-2-4-7)5-9-6-8/h9H,2-5H2,1H3. The van der Waals surface area contributed by atoms with Gasteiger partial charge in [-0.05, 0) is 19.3 Å². The topological polar surface area (TPSA) is 45.0 Å². The Morgan fingerprint density at radius 3 is 2.70 bits per heavy atom. The highest BCUT2D eigenvalue weighted by molar-refractivity contribution is 4.93. The van der Waals surface area contributed by atoms with Crippen molar-refractivity contribution in [3.05, 3.63) is 0 Å². The lowest BCUT2D eigenvalue weighted by Gasteiger charge is -2.39. The maximum atomic E-state index is 8.23. The molecule has 1 N–H and O–H groups in total. The molecule has 0 amide bonds. The van der Waals surface area contributed by atoms with Gasteiger partial charge < -0.3 is 10.1 Å². The average molecular weight is 140 g/mol. The van der Waals surface area contributed by atoms with Crippen molar-refractivity contribution >= 4 is 0 Å². The molecule has 1 saturated carbocycles. The first kappa shape index (κ1) is 7.36. The van der Waals surface area contributed by atoms with E-state index in [-0.39, 0.29) is 5.60 Å². The maximum Gasteiger partial charge on any atom is 0.176 e. The zero-order valence-corrected chi connectivity index (χ0v) is 6.18. The van der Waals surface area contributed by atoms with Crippen molar-refractivity contribution in [3.63, 3.8) is 0 Å². The van der Waals surface area contributed by atoms with Crippen molar-refractivity contribution in [2.45, 2.75) is 24.9 Å². The molecule has 1 rings (SSSR count). The Labute approximate surface area is 61.0 Å². The fraction of sp³-hybridized carbons (Fsp3) is 0.857. The van der Waals surface area contributed by atoms with Crippen molar-refractivity contribution in [2.75, 3.05) is 13.7 Å². The van der Waals surface area contributed by atoms with Gasteiger partial charge in [-0.2, -0.15) is 5.26 Å². The summed E-state index contributed by atoms with van der Waals surface area (Å²) in [5, 5.41) is 10.9. The molecule has 0 bridgehead atoms. The molecule has 1 aliphatic carbocycles. The van der Waals surface area contributed by atoms with Crippen LogP contribution in [0.5, 0.6) is 0 Å². The molecule has 0 radical (unpaired) electrons. The van der Waals surface area contributed by atoms with Crippen LogP contribution in [-0.2, 0) is 4.74 Å². The summed E-state index contributed by atoms with van der Waals surface area (Å²) in [5.74, 6) is 0. The van der Waals surface area contributed by atoms with E-state index in [0.717, 1.165) is 12.8 Å². The number of ether oxygens (including phenoxy) is 1. The number of nitriles is 1. The van der Waals surface area contributed by atoms with Gasteiger partial charge in [0.25, 0.3) is 0 Å². The maximum absolute atomic E-state index is 8.23. The largest absolute Gasteiger partial charge is 0.376 e. The zero-order chi connectivity index (χ0) is 7.45. The summed E-state index contributed by atoms with van der Waals surface area (Å²) in [6.07, 6.45) is 5.28. The molecule has 0 saturated heterocycles. The first-order valence-electron chi connectivity index (χ1n) is 3.50. The summed E-state index contributed by atoms with van der Waals surface area (Å²) in [4.78, 5) is 0. The predicted molar refractivity (Wildman–Crippen MR) is 37.2 cm³/mol. The van der Waals surface area contributed by atoms with Crippen molar-refractivity contribution < 1.29 is 4.74 Å². The van der Waals surface area contributed by atoms with E-state index < -0.39 is 0 Å². The third-order valence-corrected chi connectivity index (χ3v) is 2.19. The average Bonchev–Trinajstić information content (AvgIpc) is 1.87. The second-order valence-electron chi connectivity index (χ2n) is 2.71. The molecule has 0 atom stereocenters. The van der Waals surface area contributed by atoms with Crippen LogP contribution in [-0.4, -0.2) is 19.3 Å². The van der Waals surface area contributed by atoms with Crippen LogP contribution in [0.2, 0.25) is 0 Å². The fourth-order valence-corrected chi connectivity index (χ4v) is 1.22. The highest BCUT2D eigenvalue weighted by Crippen LogP contribution is 2.33. The van der Waals surface area contributed by atoms with Crippen molar-refractivity contribution in [2.24, 2.45) is 0 Å². The van der Waals surface area contributed by atoms with E-state index >= 15 is 0 Å². The van der Waals surface area contributed by atoms with Crippen LogP contribution in [0.1, 0.15) is 19.3 Å².